The van der Waals surface area contributed by atoms with Crippen molar-refractivity contribution in [1.82, 2.24) is 14.5 Å². The van der Waals surface area contributed by atoms with Crippen LogP contribution in [0.25, 0.3) is 5.69 Å². The maximum absolute atomic E-state index is 9.11. The lowest BCUT2D eigenvalue weighted by Gasteiger charge is -2.14. The number of hydrogen-bond donors (Lipinski definition) is 2. The first-order chi connectivity index (χ1) is 8.13. The largest absolute Gasteiger partial charge is 0.394 e. The van der Waals surface area contributed by atoms with Crippen LogP contribution in [0, 0.1) is 13.8 Å². The molecular weight excluding hydrogens is 216 g/mol. The van der Waals surface area contributed by atoms with Crippen LogP contribution in [0.2, 0.25) is 0 Å². The highest BCUT2D eigenvalue weighted by Gasteiger charge is 2.13. The molecule has 17 heavy (non-hydrogen) atoms. The van der Waals surface area contributed by atoms with Gasteiger partial charge >= 0.3 is 0 Å². The van der Waals surface area contributed by atoms with Crippen molar-refractivity contribution in [2.45, 2.75) is 19.9 Å². The lowest BCUT2D eigenvalue weighted by Crippen LogP contribution is -2.18. The van der Waals surface area contributed by atoms with E-state index in [-0.39, 0.29) is 6.61 Å². The summed E-state index contributed by atoms with van der Waals surface area (Å²) in [5.74, 6) is 0. The molecule has 0 radical (unpaired) electrons. The molecule has 1 atom stereocenters. The molecule has 2 rings (SSSR count). The first-order valence-electron chi connectivity index (χ1n) is 5.46. The molecule has 5 heteroatoms. The highest BCUT2D eigenvalue weighted by molar-refractivity contribution is 5.39. The van der Waals surface area contributed by atoms with E-state index in [1.165, 1.54) is 0 Å². The van der Waals surface area contributed by atoms with Crippen molar-refractivity contribution in [2.24, 2.45) is 5.73 Å². The van der Waals surface area contributed by atoms with E-state index in [0.29, 0.717) is 0 Å². The molecule has 0 saturated heterocycles. The van der Waals surface area contributed by atoms with E-state index in [9.17, 15) is 0 Å². The number of aryl methyl sites for hydroxylation is 2. The summed E-state index contributed by atoms with van der Waals surface area (Å²) in [5, 5.41) is 9.11. The van der Waals surface area contributed by atoms with Crippen LogP contribution >= 0.6 is 0 Å². The first kappa shape index (κ1) is 11.8. The maximum Gasteiger partial charge on any atom is 0.0995 e. The second-order valence-corrected chi connectivity index (χ2v) is 4.03. The Kier molecular flexibility index (Phi) is 3.21. The fourth-order valence-electron chi connectivity index (χ4n) is 1.81. The smallest absolute Gasteiger partial charge is 0.0995 e. The van der Waals surface area contributed by atoms with Gasteiger partial charge in [-0.3, -0.25) is 9.55 Å². The maximum atomic E-state index is 9.11. The minimum atomic E-state index is -0.432. The Morgan fingerprint density at radius 1 is 1.41 bits per heavy atom. The third-order valence-corrected chi connectivity index (χ3v) is 2.70. The Hall–Kier alpha value is -1.72. The molecule has 0 saturated carbocycles. The summed E-state index contributed by atoms with van der Waals surface area (Å²) in [7, 11) is 0. The van der Waals surface area contributed by atoms with Gasteiger partial charge in [-0.25, -0.2) is 4.98 Å². The second kappa shape index (κ2) is 4.65. The number of pyridine rings is 1. The third-order valence-electron chi connectivity index (χ3n) is 2.70. The SMILES string of the molecule is Cc1ccc(-n2cncc2C(N)CO)c(C)n1. The zero-order valence-electron chi connectivity index (χ0n) is 9.96. The lowest BCUT2D eigenvalue weighted by molar-refractivity contribution is 0.265. The molecule has 2 aromatic rings. The molecule has 1 unspecified atom stereocenters. The number of nitrogens with two attached hydrogens (primary N) is 1. The predicted molar refractivity (Wildman–Crippen MR) is 64.8 cm³/mol. The number of aromatic nitrogens is 3. The van der Waals surface area contributed by atoms with E-state index >= 15 is 0 Å². The van der Waals surface area contributed by atoms with E-state index in [0.717, 1.165) is 22.8 Å². The van der Waals surface area contributed by atoms with Gasteiger partial charge < -0.3 is 10.8 Å². The molecule has 0 bridgehead atoms. The first-order valence-corrected chi connectivity index (χ1v) is 5.46. The molecule has 0 fully saturated rings. The molecule has 3 N–H and O–H groups in total. The summed E-state index contributed by atoms with van der Waals surface area (Å²) in [6.45, 7) is 3.78. The summed E-state index contributed by atoms with van der Waals surface area (Å²) < 4.78 is 1.86. The Balaban J connectivity index is 2.50. The van der Waals surface area contributed by atoms with Crippen LogP contribution < -0.4 is 5.73 Å². The van der Waals surface area contributed by atoms with E-state index in [1.54, 1.807) is 12.5 Å². The van der Waals surface area contributed by atoms with Crippen LogP contribution in [0.1, 0.15) is 23.1 Å². The molecule has 2 heterocycles. The van der Waals surface area contributed by atoms with Crippen molar-refractivity contribution in [3.8, 4) is 5.69 Å². The molecular formula is C12H16N4O. The van der Waals surface area contributed by atoms with E-state index in [4.69, 9.17) is 10.8 Å². The van der Waals surface area contributed by atoms with E-state index in [1.807, 2.05) is 30.5 Å². The Labute approximate surface area is 99.9 Å². The van der Waals surface area contributed by atoms with Crippen molar-refractivity contribution in [3.63, 3.8) is 0 Å². The molecule has 0 aliphatic heterocycles. The summed E-state index contributed by atoms with van der Waals surface area (Å²) in [4.78, 5) is 8.48. The summed E-state index contributed by atoms with van der Waals surface area (Å²) in [5.41, 5.74) is 9.42. The number of aliphatic hydroxyl groups is 1. The predicted octanol–water partition coefficient (Wildman–Crippen LogP) is 0.876. The van der Waals surface area contributed by atoms with Gasteiger partial charge in [-0.2, -0.15) is 0 Å². The van der Waals surface area contributed by atoms with E-state index < -0.39 is 6.04 Å². The molecule has 0 amide bonds. The molecule has 0 spiro atoms. The number of imidazole rings is 1. The van der Waals surface area contributed by atoms with Crippen LogP contribution in [-0.2, 0) is 0 Å². The number of rotatable bonds is 3. The molecule has 0 aliphatic carbocycles. The van der Waals surface area contributed by atoms with E-state index in [2.05, 4.69) is 9.97 Å². The fourth-order valence-corrected chi connectivity index (χ4v) is 1.81. The van der Waals surface area contributed by atoms with Crippen molar-refractivity contribution in [3.05, 3.63) is 41.7 Å². The average Bonchev–Trinajstić information content (AvgIpc) is 2.77. The molecule has 0 aliphatic rings. The monoisotopic (exact) mass is 232 g/mol. The van der Waals surface area contributed by atoms with Crippen LogP contribution in [-0.4, -0.2) is 26.2 Å². The standard InChI is InChI=1S/C12H16N4O/c1-8-3-4-11(9(2)15-8)16-7-14-5-12(16)10(13)6-17/h3-5,7,10,17H,6,13H2,1-2H3. The minimum Gasteiger partial charge on any atom is -0.394 e. The van der Waals surface area contributed by atoms with Gasteiger partial charge in [0.15, 0.2) is 0 Å². The highest BCUT2D eigenvalue weighted by atomic mass is 16.3. The van der Waals surface area contributed by atoms with Gasteiger partial charge in [-0.15, -0.1) is 0 Å². The van der Waals surface area contributed by atoms with Gasteiger partial charge in [0.05, 0.1) is 42.2 Å². The highest BCUT2D eigenvalue weighted by Crippen LogP contribution is 2.18. The zero-order chi connectivity index (χ0) is 12.4. The number of hydrogen-bond acceptors (Lipinski definition) is 4. The number of nitrogens with zero attached hydrogens (tertiary/aromatic N) is 3. The normalized spacial score (nSPS) is 12.7. The Morgan fingerprint density at radius 3 is 2.82 bits per heavy atom. The van der Waals surface area contributed by atoms with Crippen molar-refractivity contribution < 1.29 is 5.11 Å². The lowest BCUT2D eigenvalue weighted by atomic mass is 10.2. The topological polar surface area (TPSA) is 77.0 Å². The van der Waals surface area contributed by atoms with Crippen LogP contribution in [0.3, 0.4) is 0 Å². The van der Waals surface area contributed by atoms with Crippen molar-refractivity contribution >= 4 is 0 Å². The van der Waals surface area contributed by atoms with Gasteiger partial charge in [-0.1, -0.05) is 0 Å². The van der Waals surface area contributed by atoms with Crippen molar-refractivity contribution in [2.75, 3.05) is 6.61 Å². The average molecular weight is 232 g/mol. The van der Waals surface area contributed by atoms with Gasteiger partial charge in [0.2, 0.25) is 0 Å². The molecule has 5 nitrogen and oxygen atoms in total. The molecule has 2 aromatic heterocycles. The van der Waals surface area contributed by atoms with Gasteiger partial charge in [-0.05, 0) is 26.0 Å². The van der Waals surface area contributed by atoms with Crippen LogP contribution in [0.4, 0.5) is 0 Å². The molecule has 90 valence electrons. The fraction of sp³-hybridized carbons (Fsp3) is 0.333. The van der Waals surface area contributed by atoms with Crippen LogP contribution in [0.15, 0.2) is 24.7 Å². The second-order valence-electron chi connectivity index (χ2n) is 4.03. The van der Waals surface area contributed by atoms with Gasteiger partial charge in [0.1, 0.15) is 0 Å². The van der Waals surface area contributed by atoms with Gasteiger partial charge in [0.25, 0.3) is 0 Å². The summed E-state index contributed by atoms with van der Waals surface area (Å²) in [6.07, 6.45) is 3.35. The quantitative estimate of drug-likeness (QED) is 0.823. The minimum absolute atomic E-state index is 0.107. The third kappa shape index (κ3) is 2.20. The Bertz CT molecular complexity index is 521. The van der Waals surface area contributed by atoms with Crippen LogP contribution in [0.5, 0.6) is 0 Å². The zero-order valence-corrected chi connectivity index (χ0v) is 9.96. The van der Waals surface area contributed by atoms with Gasteiger partial charge in [0, 0.05) is 5.69 Å². The summed E-state index contributed by atoms with van der Waals surface area (Å²) in [6, 6.07) is 3.49. The summed E-state index contributed by atoms with van der Waals surface area (Å²) >= 11 is 0. The van der Waals surface area contributed by atoms with Crippen molar-refractivity contribution in [1.29, 1.82) is 0 Å². The Morgan fingerprint density at radius 2 is 2.18 bits per heavy atom. The molecule has 0 aromatic carbocycles. The number of aliphatic hydroxyl groups excluding tert-OH is 1.